The normalized spacial score (nSPS) is 21.3. The summed E-state index contributed by atoms with van der Waals surface area (Å²) in [6, 6.07) is 1.69. The van der Waals surface area contributed by atoms with E-state index in [1.807, 2.05) is 27.7 Å². The van der Waals surface area contributed by atoms with Gasteiger partial charge in [0.05, 0.1) is 11.2 Å². The van der Waals surface area contributed by atoms with Crippen molar-refractivity contribution in [3.8, 4) is 0 Å². The van der Waals surface area contributed by atoms with Crippen LogP contribution in [0.4, 0.5) is 10.2 Å². The Kier molecular flexibility index (Phi) is 3.97. The van der Waals surface area contributed by atoms with Crippen LogP contribution in [0.1, 0.15) is 33.3 Å². The lowest BCUT2D eigenvalue weighted by molar-refractivity contribution is 0.00578. The van der Waals surface area contributed by atoms with E-state index < -0.39 is 24.0 Å². The molecule has 2 rings (SSSR count). The Bertz CT molecular complexity index is 547. The second-order valence-electron chi connectivity index (χ2n) is 5.75. The highest BCUT2D eigenvalue weighted by molar-refractivity contribution is 9.10. The third-order valence-electron chi connectivity index (χ3n) is 3.69. The summed E-state index contributed by atoms with van der Waals surface area (Å²) < 4.78 is 26.3. The molecule has 0 spiro atoms. The third-order valence-corrected chi connectivity index (χ3v) is 4.12. The van der Waals surface area contributed by atoms with E-state index in [-0.39, 0.29) is 5.82 Å². The lowest BCUT2D eigenvalue weighted by Gasteiger charge is -2.32. The Labute approximate surface area is 126 Å². The maximum absolute atomic E-state index is 14.3. The summed E-state index contributed by atoms with van der Waals surface area (Å²) in [5.41, 5.74) is 4.51. The van der Waals surface area contributed by atoms with Gasteiger partial charge in [0.2, 0.25) is 0 Å². The van der Waals surface area contributed by atoms with Crippen molar-refractivity contribution in [1.29, 1.82) is 0 Å². The van der Waals surface area contributed by atoms with E-state index in [4.69, 9.17) is 15.0 Å². The van der Waals surface area contributed by atoms with E-state index in [1.54, 1.807) is 12.3 Å². The molecule has 0 saturated carbocycles. The van der Waals surface area contributed by atoms with E-state index in [1.165, 1.54) is 6.08 Å². The number of rotatable bonds is 2. The predicted molar refractivity (Wildman–Crippen MR) is 81.5 cm³/mol. The summed E-state index contributed by atoms with van der Waals surface area (Å²) in [5.74, 6) is 0.250. The van der Waals surface area contributed by atoms with Gasteiger partial charge in [-0.1, -0.05) is 0 Å². The fourth-order valence-electron chi connectivity index (χ4n) is 1.75. The lowest BCUT2D eigenvalue weighted by atomic mass is 9.87. The molecule has 20 heavy (non-hydrogen) atoms. The molecule has 1 fully saturated rings. The molecule has 0 amide bonds. The monoisotopic (exact) mass is 342 g/mol. The van der Waals surface area contributed by atoms with Gasteiger partial charge < -0.3 is 15.0 Å². The van der Waals surface area contributed by atoms with Crippen LogP contribution >= 0.6 is 15.9 Å². The Hall–Kier alpha value is -0.915. The first-order valence-electron chi connectivity index (χ1n) is 6.26. The zero-order valence-corrected chi connectivity index (χ0v) is 13.5. The van der Waals surface area contributed by atoms with E-state index in [0.29, 0.717) is 5.56 Å². The zero-order valence-electron chi connectivity index (χ0n) is 11.9. The molecule has 1 aliphatic rings. The first-order chi connectivity index (χ1) is 9.12. The number of anilines is 1. The van der Waals surface area contributed by atoms with Gasteiger partial charge in [-0.25, -0.2) is 9.37 Å². The molecule has 2 heterocycles. The van der Waals surface area contributed by atoms with E-state index in [9.17, 15) is 4.39 Å². The van der Waals surface area contributed by atoms with E-state index in [2.05, 4.69) is 20.9 Å². The minimum atomic E-state index is -1.03. The topological polar surface area (TPSA) is 57.4 Å². The van der Waals surface area contributed by atoms with Gasteiger partial charge in [-0.2, -0.15) is 0 Å². The molecule has 0 aliphatic carbocycles. The van der Waals surface area contributed by atoms with Gasteiger partial charge in [-0.3, -0.25) is 0 Å². The molecule has 7 heteroatoms. The standard InChI is InChI=1S/C13H17BBrFN2O2/c1-12(2)13(3,4)20-14(19-12)10(16)6-8-5-9(15)7-18-11(8)17/h5-7H,1-4H3,(H2,17,18). The number of halogens is 2. The molecule has 1 aliphatic heterocycles. The Balaban J connectivity index is 2.27. The summed E-state index contributed by atoms with van der Waals surface area (Å²) in [6.07, 6.45) is 2.84. The molecule has 108 valence electrons. The molecule has 1 saturated heterocycles. The van der Waals surface area contributed by atoms with Crippen molar-refractivity contribution in [2.45, 2.75) is 38.9 Å². The second kappa shape index (κ2) is 5.13. The van der Waals surface area contributed by atoms with E-state index in [0.717, 1.165) is 4.47 Å². The lowest BCUT2D eigenvalue weighted by Crippen LogP contribution is -2.41. The molecular formula is C13H17BBrFN2O2. The molecule has 1 aromatic rings. The maximum atomic E-state index is 14.3. The van der Waals surface area contributed by atoms with Crippen LogP contribution in [0.5, 0.6) is 0 Å². The van der Waals surface area contributed by atoms with Gasteiger partial charge in [0, 0.05) is 16.2 Å². The van der Waals surface area contributed by atoms with Gasteiger partial charge in [0.1, 0.15) is 11.5 Å². The van der Waals surface area contributed by atoms with Gasteiger partial charge in [0.25, 0.3) is 0 Å². The first kappa shape index (κ1) is 15.5. The van der Waals surface area contributed by atoms with Crippen LogP contribution in [-0.2, 0) is 9.31 Å². The van der Waals surface area contributed by atoms with Crippen molar-refractivity contribution in [3.63, 3.8) is 0 Å². The van der Waals surface area contributed by atoms with Gasteiger partial charge in [0.15, 0.2) is 0 Å². The fraction of sp³-hybridized carbons (Fsp3) is 0.462. The molecule has 0 radical (unpaired) electrons. The number of aromatic nitrogens is 1. The molecule has 2 N–H and O–H groups in total. The van der Waals surface area contributed by atoms with Crippen LogP contribution in [0, 0.1) is 0 Å². The summed E-state index contributed by atoms with van der Waals surface area (Å²) in [6.45, 7) is 7.48. The minimum Gasteiger partial charge on any atom is -0.398 e. The second-order valence-corrected chi connectivity index (χ2v) is 6.66. The molecule has 0 atom stereocenters. The first-order valence-corrected chi connectivity index (χ1v) is 7.05. The molecule has 0 aromatic carbocycles. The molecular weight excluding hydrogens is 326 g/mol. The summed E-state index contributed by atoms with van der Waals surface area (Å²) >= 11 is 3.27. The number of nitrogens with zero attached hydrogens (tertiary/aromatic N) is 1. The number of hydrogen-bond acceptors (Lipinski definition) is 4. The minimum absolute atomic E-state index is 0.250. The SMILES string of the molecule is CC1(C)OB(C(F)=Cc2cc(Br)cnc2N)OC1(C)C. The summed E-state index contributed by atoms with van der Waals surface area (Å²) in [7, 11) is -1.03. The van der Waals surface area contributed by atoms with Crippen LogP contribution in [-0.4, -0.2) is 23.3 Å². The zero-order chi connectivity index (χ0) is 15.1. The van der Waals surface area contributed by atoms with Crippen molar-refractivity contribution >= 4 is 34.9 Å². The maximum Gasteiger partial charge on any atom is 0.525 e. The number of pyridine rings is 1. The third kappa shape index (κ3) is 2.89. The fourth-order valence-corrected chi connectivity index (χ4v) is 2.10. The predicted octanol–water partition coefficient (Wildman–Crippen LogP) is 3.37. The van der Waals surface area contributed by atoms with Crippen molar-refractivity contribution in [3.05, 3.63) is 28.0 Å². The van der Waals surface area contributed by atoms with Crippen molar-refractivity contribution < 1.29 is 13.7 Å². The van der Waals surface area contributed by atoms with E-state index >= 15 is 0 Å². The largest absolute Gasteiger partial charge is 0.525 e. The van der Waals surface area contributed by atoms with Crippen molar-refractivity contribution in [2.75, 3.05) is 5.73 Å². The van der Waals surface area contributed by atoms with Gasteiger partial charge in [-0.05, 0) is 55.8 Å². The molecule has 1 aromatic heterocycles. The Morgan fingerprint density at radius 1 is 1.35 bits per heavy atom. The molecule has 4 nitrogen and oxygen atoms in total. The highest BCUT2D eigenvalue weighted by atomic mass is 79.9. The number of hydrogen-bond donors (Lipinski definition) is 1. The summed E-state index contributed by atoms with van der Waals surface area (Å²) in [4.78, 5) is 3.95. The average Bonchev–Trinajstić information content (AvgIpc) is 2.53. The van der Waals surface area contributed by atoms with Crippen molar-refractivity contribution in [1.82, 2.24) is 4.98 Å². The highest BCUT2D eigenvalue weighted by Gasteiger charge is 2.53. The van der Waals surface area contributed by atoms with Crippen molar-refractivity contribution in [2.24, 2.45) is 0 Å². The average molecular weight is 343 g/mol. The van der Waals surface area contributed by atoms with Crippen LogP contribution < -0.4 is 5.73 Å². The molecule has 0 unspecified atom stereocenters. The summed E-state index contributed by atoms with van der Waals surface area (Å²) in [5, 5.41) is 0. The van der Waals surface area contributed by atoms with Crippen LogP contribution in [0.15, 0.2) is 22.5 Å². The quantitative estimate of drug-likeness (QED) is 0.837. The van der Waals surface area contributed by atoms with Crippen LogP contribution in [0.25, 0.3) is 6.08 Å². The Morgan fingerprint density at radius 3 is 2.45 bits per heavy atom. The number of nitrogen functional groups attached to an aromatic ring is 1. The van der Waals surface area contributed by atoms with Gasteiger partial charge in [-0.15, -0.1) is 0 Å². The highest BCUT2D eigenvalue weighted by Crippen LogP contribution is 2.39. The number of nitrogens with two attached hydrogens (primary N) is 1. The Morgan fingerprint density at radius 2 is 1.90 bits per heavy atom. The van der Waals surface area contributed by atoms with Gasteiger partial charge >= 0.3 is 7.12 Å². The van der Waals surface area contributed by atoms with Crippen LogP contribution in [0.2, 0.25) is 0 Å². The smallest absolute Gasteiger partial charge is 0.398 e. The molecule has 0 bridgehead atoms. The van der Waals surface area contributed by atoms with Crippen LogP contribution in [0.3, 0.4) is 0 Å².